The summed E-state index contributed by atoms with van der Waals surface area (Å²) >= 11 is 3.26. The van der Waals surface area contributed by atoms with Crippen molar-refractivity contribution >= 4 is 23.1 Å². The molecule has 43 valence electrons. The van der Waals surface area contributed by atoms with Gasteiger partial charge in [0.1, 0.15) is 0 Å². The van der Waals surface area contributed by atoms with Crippen molar-refractivity contribution in [1.29, 1.82) is 0 Å². The second-order valence-corrected chi connectivity index (χ2v) is 2.98. The molecule has 0 aliphatic carbocycles. The van der Waals surface area contributed by atoms with Gasteiger partial charge in [-0.25, -0.2) is 0 Å². The van der Waals surface area contributed by atoms with Gasteiger partial charge in [-0.3, -0.25) is 4.98 Å². The minimum Gasteiger partial charge on any atom is -0.253 e. The lowest BCUT2D eigenvalue weighted by Crippen LogP contribution is -1.65. The third-order valence-electron chi connectivity index (χ3n) is 0.728. The lowest BCUT2D eigenvalue weighted by molar-refractivity contribution is 1.37. The molecule has 1 radical (unpaired) electrons. The SMILES string of the molecule is [CH2]SCc1cncs1. The highest BCUT2D eigenvalue weighted by Gasteiger charge is 1.88. The van der Waals surface area contributed by atoms with E-state index in [1.54, 1.807) is 23.1 Å². The van der Waals surface area contributed by atoms with Gasteiger partial charge in [0.15, 0.2) is 0 Å². The van der Waals surface area contributed by atoms with E-state index in [9.17, 15) is 0 Å². The summed E-state index contributed by atoms with van der Waals surface area (Å²) in [7, 11) is 0. The van der Waals surface area contributed by atoms with E-state index in [2.05, 4.69) is 11.2 Å². The highest BCUT2D eigenvalue weighted by atomic mass is 32.2. The van der Waals surface area contributed by atoms with E-state index in [0.717, 1.165) is 5.75 Å². The smallest absolute Gasteiger partial charge is 0.0794 e. The minimum absolute atomic E-state index is 0.991. The van der Waals surface area contributed by atoms with Crippen LogP contribution < -0.4 is 0 Å². The van der Waals surface area contributed by atoms with Gasteiger partial charge in [0.2, 0.25) is 0 Å². The number of thioether (sulfide) groups is 1. The van der Waals surface area contributed by atoms with Gasteiger partial charge in [-0.15, -0.1) is 11.3 Å². The third-order valence-corrected chi connectivity index (χ3v) is 2.21. The predicted molar refractivity (Wildman–Crippen MR) is 38.8 cm³/mol. The molecular weight excluding hydrogens is 138 g/mol. The Bertz CT molecular complexity index is 136. The molecule has 1 aromatic heterocycles. The maximum Gasteiger partial charge on any atom is 0.0794 e. The minimum atomic E-state index is 0.991. The zero-order valence-corrected chi connectivity index (χ0v) is 5.97. The molecule has 0 unspecified atom stereocenters. The summed E-state index contributed by atoms with van der Waals surface area (Å²) in [5.74, 6) is 0.991. The van der Waals surface area contributed by atoms with Gasteiger partial charge in [-0.1, -0.05) is 0 Å². The van der Waals surface area contributed by atoms with Crippen molar-refractivity contribution in [3.8, 4) is 0 Å². The molecule has 0 aromatic carbocycles. The van der Waals surface area contributed by atoms with E-state index in [0.29, 0.717) is 0 Å². The van der Waals surface area contributed by atoms with Crippen molar-refractivity contribution < 1.29 is 0 Å². The Morgan fingerprint density at radius 1 is 1.88 bits per heavy atom. The molecule has 0 aliphatic rings. The van der Waals surface area contributed by atoms with Crippen LogP contribution in [0.15, 0.2) is 11.7 Å². The average Bonchev–Trinajstić information content (AvgIpc) is 2.19. The van der Waals surface area contributed by atoms with Crippen LogP contribution in [0.1, 0.15) is 4.88 Å². The Morgan fingerprint density at radius 3 is 3.25 bits per heavy atom. The quantitative estimate of drug-likeness (QED) is 0.631. The fourth-order valence-corrected chi connectivity index (χ4v) is 1.59. The van der Waals surface area contributed by atoms with Gasteiger partial charge in [0.25, 0.3) is 0 Å². The summed E-state index contributed by atoms with van der Waals surface area (Å²) in [6.45, 7) is 0. The Morgan fingerprint density at radius 2 is 2.75 bits per heavy atom. The highest BCUT2D eigenvalue weighted by Crippen LogP contribution is 2.12. The van der Waals surface area contributed by atoms with Crippen LogP contribution >= 0.6 is 23.1 Å². The fraction of sp³-hybridized carbons (Fsp3) is 0.200. The van der Waals surface area contributed by atoms with Crippen molar-refractivity contribution in [1.82, 2.24) is 4.98 Å². The topological polar surface area (TPSA) is 12.9 Å². The first-order valence-corrected chi connectivity index (χ1v) is 4.21. The fourth-order valence-electron chi connectivity index (χ4n) is 0.414. The van der Waals surface area contributed by atoms with Crippen LogP contribution in [-0.2, 0) is 5.75 Å². The van der Waals surface area contributed by atoms with Crippen molar-refractivity contribution in [3.63, 3.8) is 0 Å². The van der Waals surface area contributed by atoms with Crippen LogP contribution in [0.4, 0.5) is 0 Å². The first-order valence-electron chi connectivity index (χ1n) is 2.18. The highest BCUT2D eigenvalue weighted by molar-refractivity contribution is 7.99. The number of thiazole rings is 1. The molecule has 0 saturated heterocycles. The largest absolute Gasteiger partial charge is 0.253 e. The van der Waals surface area contributed by atoms with E-state index in [4.69, 9.17) is 0 Å². The maximum absolute atomic E-state index is 3.92. The molecular formula is C5H6NS2. The summed E-state index contributed by atoms with van der Waals surface area (Å²) < 4.78 is 0. The lowest BCUT2D eigenvalue weighted by Gasteiger charge is -1.84. The van der Waals surface area contributed by atoms with E-state index < -0.39 is 0 Å². The summed E-state index contributed by atoms with van der Waals surface area (Å²) in [6.07, 6.45) is 5.53. The molecule has 3 heteroatoms. The molecule has 0 aliphatic heterocycles. The van der Waals surface area contributed by atoms with E-state index in [-0.39, 0.29) is 0 Å². The zero-order valence-electron chi connectivity index (χ0n) is 4.33. The van der Waals surface area contributed by atoms with Gasteiger partial charge in [0, 0.05) is 23.1 Å². The predicted octanol–water partition coefficient (Wildman–Crippen LogP) is 2.17. The van der Waals surface area contributed by atoms with Crippen LogP contribution in [0.5, 0.6) is 0 Å². The summed E-state index contributed by atoms with van der Waals surface area (Å²) in [4.78, 5) is 5.21. The van der Waals surface area contributed by atoms with Gasteiger partial charge in [-0.05, 0) is 0 Å². The van der Waals surface area contributed by atoms with Crippen molar-refractivity contribution in [2.75, 3.05) is 0 Å². The van der Waals surface area contributed by atoms with Gasteiger partial charge < -0.3 is 0 Å². The van der Waals surface area contributed by atoms with Gasteiger partial charge >= 0.3 is 0 Å². The Balaban J connectivity index is 2.50. The molecule has 0 bridgehead atoms. The molecule has 1 heterocycles. The zero-order chi connectivity index (χ0) is 5.82. The number of hydrogen-bond donors (Lipinski definition) is 0. The monoisotopic (exact) mass is 144 g/mol. The summed E-state index contributed by atoms with van der Waals surface area (Å²) in [5.41, 5.74) is 1.84. The van der Waals surface area contributed by atoms with E-state index in [1.807, 2.05) is 11.7 Å². The first kappa shape index (κ1) is 6.11. The van der Waals surface area contributed by atoms with Crippen LogP contribution in [-0.4, -0.2) is 4.98 Å². The van der Waals surface area contributed by atoms with Crippen LogP contribution in [0.3, 0.4) is 0 Å². The molecule has 0 saturated carbocycles. The molecule has 0 spiro atoms. The second-order valence-electron chi connectivity index (χ2n) is 1.32. The molecule has 0 atom stereocenters. The second kappa shape index (κ2) is 3.10. The molecule has 0 amide bonds. The van der Waals surface area contributed by atoms with Gasteiger partial charge in [-0.2, -0.15) is 11.8 Å². The first-order chi connectivity index (χ1) is 3.93. The maximum atomic E-state index is 3.92. The van der Waals surface area contributed by atoms with Crippen molar-refractivity contribution in [3.05, 3.63) is 22.8 Å². The lowest BCUT2D eigenvalue weighted by atomic mass is 10.6. The number of rotatable bonds is 2. The average molecular weight is 144 g/mol. The third kappa shape index (κ3) is 1.49. The standard InChI is InChI=1S/C5H6NS2/c1-7-3-5-2-6-4-8-5/h2,4H,1,3H2. The van der Waals surface area contributed by atoms with E-state index in [1.165, 1.54) is 4.88 Å². The van der Waals surface area contributed by atoms with Crippen LogP contribution in [0.25, 0.3) is 0 Å². The molecule has 0 fully saturated rings. The van der Waals surface area contributed by atoms with Crippen molar-refractivity contribution in [2.45, 2.75) is 5.75 Å². The van der Waals surface area contributed by atoms with Gasteiger partial charge in [0.05, 0.1) is 5.51 Å². The molecule has 1 aromatic rings. The van der Waals surface area contributed by atoms with Crippen LogP contribution in [0.2, 0.25) is 0 Å². The normalized spacial score (nSPS) is 9.62. The Hall–Kier alpha value is -0.0200. The molecule has 8 heavy (non-hydrogen) atoms. The number of nitrogens with zero attached hydrogens (tertiary/aromatic N) is 1. The Kier molecular flexibility index (Phi) is 2.36. The molecule has 1 rings (SSSR count). The summed E-state index contributed by atoms with van der Waals surface area (Å²) in [5, 5.41) is 0. The van der Waals surface area contributed by atoms with Crippen molar-refractivity contribution in [2.24, 2.45) is 0 Å². The summed E-state index contributed by atoms with van der Waals surface area (Å²) in [6, 6.07) is 0. The Labute approximate surface area is 57.1 Å². The number of aromatic nitrogens is 1. The van der Waals surface area contributed by atoms with Crippen LogP contribution in [0, 0.1) is 6.26 Å². The molecule has 1 nitrogen and oxygen atoms in total. The number of hydrogen-bond acceptors (Lipinski definition) is 3. The van der Waals surface area contributed by atoms with E-state index >= 15 is 0 Å². The molecule has 0 N–H and O–H groups in total.